The van der Waals surface area contributed by atoms with Crippen LogP contribution in [0.25, 0.3) is 0 Å². The second-order valence-electron chi connectivity index (χ2n) is 6.21. The number of aliphatic imine (C=N–C) groups is 1. The van der Waals surface area contributed by atoms with E-state index in [1.54, 1.807) is 7.11 Å². The lowest BCUT2D eigenvalue weighted by molar-refractivity contribution is 0.0310. The first kappa shape index (κ1) is 23.6. The summed E-state index contributed by atoms with van der Waals surface area (Å²) in [7, 11) is 1.68. The van der Waals surface area contributed by atoms with Crippen molar-refractivity contribution in [3.63, 3.8) is 0 Å². The Kier molecular flexibility index (Phi) is 11.4. The molecular weight excluding hydrogens is 431 g/mol. The fourth-order valence-electron chi connectivity index (χ4n) is 1.92. The number of guanidine groups is 1. The molecule has 1 rings (SSSR count). The number of hydrogen-bond donors (Lipinski definition) is 3. The highest BCUT2D eigenvalue weighted by Gasteiger charge is 2.15. The zero-order valence-corrected chi connectivity index (χ0v) is 18.1. The van der Waals surface area contributed by atoms with E-state index in [-0.39, 0.29) is 35.5 Å². The highest BCUT2D eigenvalue weighted by molar-refractivity contribution is 14.0. The Morgan fingerprint density at radius 1 is 1.20 bits per heavy atom. The predicted octanol–water partition coefficient (Wildman–Crippen LogP) is 2.32. The summed E-state index contributed by atoms with van der Waals surface area (Å²) in [5.74, 6) is 0.649. The van der Waals surface area contributed by atoms with Crippen molar-refractivity contribution in [1.82, 2.24) is 16.0 Å². The van der Waals surface area contributed by atoms with Crippen molar-refractivity contribution in [3.8, 4) is 0 Å². The zero-order valence-electron chi connectivity index (χ0n) is 15.8. The van der Waals surface area contributed by atoms with Crippen LogP contribution in [0.15, 0.2) is 29.3 Å². The van der Waals surface area contributed by atoms with E-state index in [2.05, 4.69) is 20.9 Å². The lowest BCUT2D eigenvalue weighted by atomic mass is 10.1. The van der Waals surface area contributed by atoms with E-state index in [1.807, 2.05) is 52.0 Å². The second kappa shape index (κ2) is 12.1. The van der Waals surface area contributed by atoms with Crippen LogP contribution in [0.1, 0.15) is 36.7 Å². The highest BCUT2D eigenvalue weighted by atomic mass is 127. The molecule has 1 aromatic carbocycles. The van der Waals surface area contributed by atoms with Crippen molar-refractivity contribution in [2.45, 2.75) is 33.3 Å². The van der Waals surface area contributed by atoms with Gasteiger partial charge < -0.3 is 20.7 Å². The minimum Gasteiger partial charge on any atom is -0.377 e. The molecule has 25 heavy (non-hydrogen) atoms. The normalized spacial score (nSPS) is 11.5. The maximum atomic E-state index is 12.1. The molecule has 0 aliphatic heterocycles. The number of halogens is 1. The van der Waals surface area contributed by atoms with Crippen molar-refractivity contribution >= 4 is 35.8 Å². The first-order valence-corrected chi connectivity index (χ1v) is 8.30. The highest BCUT2D eigenvalue weighted by Crippen LogP contribution is 2.07. The quantitative estimate of drug-likeness (QED) is 0.240. The number of nitrogens with one attached hydrogen (secondary N) is 3. The molecule has 142 valence electrons. The van der Waals surface area contributed by atoms with Gasteiger partial charge in [-0.25, -0.2) is 0 Å². The van der Waals surface area contributed by atoms with Crippen molar-refractivity contribution < 1.29 is 9.53 Å². The largest absolute Gasteiger partial charge is 0.377 e. The van der Waals surface area contributed by atoms with Crippen LogP contribution in [0.5, 0.6) is 0 Å². The molecule has 0 heterocycles. The van der Waals surface area contributed by atoms with Crippen LogP contribution in [0, 0.1) is 6.92 Å². The number of amides is 1. The third kappa shape index (κ3) is 9.64. The van der Waals surface area contributed by atoms with Gasteiger partial charge in [0.15, 0.2) is 5.96 Å². The second-order valence-corrected chi connectivity index (χ2v) is 6.21. The summed E-state index contributed by atoms with van der Waals surface area (Å²) < 4.78 is 5.36. The summed E-state index contributed by atoms with van der Waals surface area (Å²) in [5.41, 5.74) is 1.45. The average molecular weight is 462 g/mol. The first-order chi connectivity index (χ1) is 11.4. The molecule has 0 aliphatic carbocycles. The van der Waals surface area contributed by atoms with Gasteiger partial charge in [-0.1, -0.05) is 17.7 Å². The average Bonchev–Trinajstić information content (AvgIpc) is 2.56. The maximum absolute atomic E-state index is 12.1. The number of carbonyl (C=O) groups is 1. The van der Waals surface area contributed by atoms with Gasteiger partial charge in [-0.2, -0.15) is 0 Å². The molecule has 0 radical (unpaired) electrons. The van der Waals surface area contributed by atoms with Crippen LogP contribution in [0.4, 0.5) is 0 Å². The van der Waals surface area contributed by atoms with Gasteiger partial charge in [-0.15, -0.1) is 24.0 Å². The monoisotopic (exact) mass is 462 g/mol. The van der Waals surface area contributed by atoms with E-state index in [0.717, 1.165) is 12.1 Å². The minimum atomic E-state index is -0.304. The number of ether oxygens (including phenoxy) is 1. The number of aryl methyl sites for hydroxylation is 1. The smallest absolute Gasteiger partial charge is 0.251 e. The van der Waals surface area contributed by atoms with Crippen LogP contribution in [0.2, 0.25) is 0 Å². The Labute approximate surface area is 168 Å². The molecule has 0 aromatic heterocycles. The molecule has 6 nitrogen and oxygen atoms in total. The predicted molar refractivity (Wildman–Crippen MR) is 114 cm³/mol. The van der Waals surface area contributed by atoms with Gasteiger partial charge in [0, 0.05) is 32.3 Å². The molecular formula is C18H31IN4O2. The summed E-state index contributed by atoms with van der Waals surface area (Å²) in [6.45, 7) is 10.4. The molecule has 0 bridgehead atoms. The molecule has 0 saturated carbocycles. The topological polar surface area (TPSA) is 74.8 Å². The molecule has 0 saturated heterocycles. The number of rotatable bonds is 8. The summed E-state index contributed by atoms with van der Waals surface area (Å²) >= 11 is 0. The number of methoxy groups -OCH3 is 1. The van der Waals surface area contributed by atoms with Crippen molar-refractivity contribution in [1.29, 1.82) is 0 Å². The summed E-state index contributed by atoms with van der Waals surface area (Å²) in [5, 5.41) is 9.28. The van der Waals surface area contributed by atoms with Gasteiger partial charge in [-0.05, 0) is 39.8 Å². The molecule has 0 spiro atoms. The van der Waals surface area contributed by atoms with Gasteiger partial charge in [0.05, 0.1) is 12.1 Å². The summed E-state index contributed by atoms with van der Waals surface area (Å²) in [6.07, 6.45) is 0. The van der Waals surface area contributed by atoms with Crippen LogP contribution >= 0.6 is 24.0 Å². The molecule has 0 aliphatic rings. The minimum absolute atomic E-state index is 0. The van der Waals surface area contributed by atoms with Crippen molar-refractivity contribution in [2.24, 2.45) is 4.99 Å². The van der Waals surface area contributed by atoms with Gasteiger partial charge in [-0.3, -0.25) is 9.79 Å². The molecule has 3 N–H and O–H groups in total. The Morgan fingerprint density at radius 2 is 1.88 bits per heavy atom. The number of benzene rings is 1. The standard InChI is InChI=1S/C18H30N4O2.HI/c1-6-19-17(22-13-18(3,4)24-5)21-11-10-20-16(23)15-9-7-8-14(2)12-15;/h7-9,12H,6,10-11,13H2,1-5H3,(H,20,23)(H2,19,21,22);1H. The molecule has 0 atom stereocenters. The van der Waals surface area contributed by atoms with Crippen molar-refractivity contribution in [2.75, 3.05) is 33.3 Å². The van der Waals surface area contributed by atoms with Crippen LogP contribution in [-0.2, 0) is 4.74 Å². The van der Waals surface area contributed by atoms with E-state index in [1.165, 1.54) is 0 Å². The van der Waals surface area contributed by atoms with E-state index < -0.39 is 0 Å². The van der Waals surface area contributed by atoms with E-state index >= 15 is 0 Å². The SMILES string of the molecule is CCNC(=NCC(C)(C)OC)NCCNC(=O)c1cccc(C)c1.I. The molecule has 0 fully saturated rings. The van der Waals surface area contributed by atoms with Gasteiger partial charge >= 0.3 is 0 Å². The fraction of sp³-hybridized carbons (Fsp3) is 0.556. The first-order valence-electron chi connectivity index (χ1n) is 8.30. The Bertz CT molecular complexity index is 562. The third-order valence-corrected chi connectivity index (χ3v) is 3.50. The number of hydrogen-bond acceptors (Lipinski definition) is 3. The van der Waals surface area contributed by atoms with Gasteiger partial charge in [0.2, 0.25) is 0 Å². The maximum Gasteiger partial charge on any atom is 0.251 e. The molecule has 1 aromatic rings. The van der Waals surface area contributed by atoms with Crippen LogP contribution in [-0.4, -0.2) is 50.8 Å². The fourth-order valence-corrected chi connectivity index (χ4v) is 1.92. The summed E-state index contributed by atoms with van der Waals surface area (Å²) in [6, 6.07) is 7.55. The van der Waals surface area contributed by atoms with E-state index in [9.17, 15) is 4.79 Å². The lowest BCUT2D eigenvalue weighted by Gasteiger charge is -2.21. The Hall–Kier alpha value is -1.35. The lowest BCUT2D eigenvalue weighted by Crippen LogP contribution is -2.42. The third-order valence-electron chi connectivity index (χ3n) is 3.50. The number of carbonyl (C=O) groups excluding carboxylic acids is 1. The zero-order chi connectivity index (χ0) is 18.0. The number of nitrogens with zero attached hydrogens (tertiary/aromatic N) is 1. The Balaban J connectivity index is 0.00000576. The molecule has 1 amide bonds. The molecule has 7 heteroatoms. The van der Waals surface area contributed by atoms with E-state index in [0.29, 0.717) is 31.2 Å². The van der Waals surface area contributed by atoms with Gasteiger partial charge in [0.25, 0.3) is 5.91 Å². The Morgan fingerprint density at radius 3 is 2.48 bits per heavy atom. The summed E-state index contributed by atoms with van der Waals surface area (Å²) in [4.78, 5) is 16.6. The van der Waals surface area contributed by atoms with Crippen LogP contribution in [0.3, 0.4) is 0 Å². The van der Waals surface area contributed by atoms with E-state index in [4.69, 9.17) is 4.74 Å². The molecule has 0 unspecified atom stereocenters. The van der Waals surface area contributed by atoms with Gasteiger partial charge in [0.1, 0.15) is 0 Å². The van der Waals surface area contributed by atoms with Crippen LogP contribution < -0.4 is 16.0 Å². The van der Waals surface area contributed by atoms with Crippen molar-refractivity contribution in [3.05, 3.63) is 35.4 Å².